The molecule has 0 saturated heterocycles. The third-order valence-corrected chi connectivity index (χ3v) is 3.75. The van der Waals surface area contributed by atoms with Gasteiger partial charge in [0.15, 0.2) is 0 Å². The second-order valence-electron chi connectivity index (χ2n) is 4.39. The summed E-state index contributed by atoms with van der Waals surface area (Å²) in [5.41, 5.74) is 3.78. The van der Waals surface area contributed by atoms with E-state index < -0.39 is 0 Å². The molecule has 2 bridgehead atoms. The van der Waals surface area contributed by atoms with Crippen LogP contribution in [0.5, 0.6) is 0 Å². The molecule has 1 fully saturated rings. The first-order valence-electron chi connectivity index (χ1n) is 5.24. The van der Waals surface area contributed by atoms with Crippen LogP contribution in [0.25, 0.3) is 0 Å². The zero-order valence-corrected chi connectivity index (χ0v) is 8.11. The Morgan fingerprint density at radius 2 is 1.86 bits per heavy atom. The van der Waals surface area contributed by atoms with Crippen molar-refractivity contribution in [3.8, 4) is 0 Å². The molecule has 1 aromatic carbocycles. The summed E-state index contributed by atoms with van der Waals surface area (Å²) in [5.74, 6) is 0.717. The van der Waals surface area contributed by atoms with Gasteiger partial charge in [-0.05, 0) is 29.5 Å². The van der Waals surface area contributed by atoms with E-state index in [2.05, 4.69) is 30.8 Å². The largest absolute Gasteiger partial charge is 0.388 e. The lowest BCUT2D eigenvalue weighted by molar-refractivity contribution is 0.136. The van der Waals surface area contributed by atoms with Crippen molar-refractivity contribution in [3.05, 3.63) is 47.5 Å². The highest BCUT2D eigenvalue weighted by Crippen LogP contribution is 2.51. The van der Waals surface area contributed by atoms with Crippen LogP contribution in [0.2, 0.25) is 0 Å². The Kier molecular flexibility index (Phi) is 1.59. The Balaban J connectivity index is 2.22. The summed E-state index contributed by atoms with van der Waals surface area (Å²) in [7, 11) is 0. The highest BCUT2D eigenvalue weighted by atomic mass is 16.3. The maximum Gasteiger partial charge on any atom is 0.0822 e. The van der Waals surface area contributed by atoms with E-state index in [0.29, 0.717) is 11.8 Å². The van der Waals surface area contributed by atoms with Gasteiger partial charge in [0, 0.05) is 11.8 Å². The lowest BCUT2D eigenvalue weighted by Gasteiger charge is -2.43. The van der Waals surface area contributed by atoms with Crippen molar-refractivity contribution in [2.75, 3.05) is 0 Å². The maximum atomic E-state index is 10.0. The van der Waals surface area contributed by atoms with Gasteiger partial charge < -0.3 is 5.11 Å². The van der Waals surface area contributed by atoms with Crippen molar-refractivity contribution >= 4 is 0 Å². The molecule has 1 nitrogen and oxygen atoms in total. The van der Waals surface area contributed by atoms with E-state index in [1.807, 2.05) is 0 Å². The fraction of sp³-hybridized carbons (Fsp3) is 0.385. The van der Waals surface area contributed by atoms with Gasteiger partial charge >= 0.3 is 0 Å². The molecule has 0 aliphatic heterocycles. The highest BCUT2D eigenvalue weighted by molar-refractivity contribution is 5.47. The van der Waals surface area contributed by atoms with Gasteiger partial charge in [-0.1, -0.05) is 30.8 Å². The average molecular weight is 186 g/mol. The van der Waals surface area contributed by atoms with Gasteiger partial charge in [-0.2, -0.15) is 0 Å². The van der Waals surface area contributed by atoms with E-state index >= 15 is 0 Å². The van der Waals surface area contributed by atoms with E-state index in [-0.39, 0.29) is 6.10 Å². The van der Waals surface area contributed by atoms with Crippen molar-refractivity contribution < 1.29 is 5.11 Å². The molecule has 1 N–H and O–H groups in total. The van der Waals surface area contributed by atoms with Crippen LogP contribution in [-0.4, -0.2) is 11.2 Å². The number of hydrogen-bond acceptors (Lipinski definition) is 1. The quantitative estimate of drug-likeness (QED) is 0.617. The van der Waals surface area contributed by atoms with E-state index in [9.17, 15) is 5.11 Å². The van der Waals surface area contributed by atoms with Crippen LogP contribution in [-0.2, 0) is 0 Å². The summed E-state index contributed by atoms with van der Waals surface area (Å²) in [5, 5.41) is 10.0. The molecule has 0 heterocycles. The molecule has 1 aromatic rings. The first-order valence-corrected chi connectivity index (χ1v) is 5.24. The predicted octanol–water partition coefficient (Wildman–Crippen LogP) is 2.58. The van der Waals surface area contributed by atoms with E-state index in [4.69, 9.17) is 0 Å². The molecule has 14 heavy (non-hydrogen) atoms. The van der Waals surface area contributed by atoms with Crippen LogP contribution in [0.15, 0.2) is 36.4 Å². The predicted molar refractivity (Wildman–Crippen MR) is 56.3 cm³/mol. The molecular weight excluding hydrogens is 172 g/mol. The maximum absolute atomic E-state index is 10.0. The van der Waals surface area contributed by atoms with Crippen LogP contribution in [0.1, 0.15) is 35.8 Å². The van der Waals surface area contributed by atoms with Crippen molar-refractivity contribution in [3.63, 3.8) is 0 Å². The number of rotatable bonds is 0. The average Bonchev–Trinajstić information content (AvgIpc) is 2.24. The van der Waals surface area contributed by atoms with Gasteiger partial charge in [0.25, 0.3) is 0 Å². The lowest BCUT2D eigenvalue weighted by Crippen LogP contribution is -2.35. The van der Waals surface area contributed by atoms with Gasteiger partial charge in [-0.3, -0.25) is 0 Å². The van der Waals surface area contributed by atoms with Crippen molar-refractivity contribution in [2.24, 2.45) is 0 Å². The third-order valence-electron chi connectivity index (χ3n) is 3.75. The monoisotopic (exact) mass is 186 g/mol. The number of hydrogen-bond donors (Lipinski definition) is 1. The second-order valence-corrected chi connectivity index (χ2v) is 4.39. The molecular formula is C13H14O. The third kappa shape index (κ3) is 0.881. The molecule has 0 radical (unpaired) electrons. The van der Waals surface area contributed by atoms with Gasteiger partial charge in [-0.25, -0.2) is 0 Å². The van der Waals surface area contributed by atoms with E-state index in [0.717, 1.165) is 18.4 Å². The van der Waals surface area contributed by atoms with Crippen LogP contribution in [0.3, 0.4) is 0 Å². The van der Waals surface area contributed by atoms with Crippen LogP contribution in [0.4, 0.5) is 0 Å². The van der Waals surface area contributed by atoms with Gasteiger partial charge in [0.05, 0.1) is 6.10 Å². The minimum atomic E-state index is -0.302. The lowest BCUT2D eigenvalue weighted by atomic mass is 9.63. The molecule has 3 atom stereocenters. The van der Waals surface area contributed by atoms with Crippen molar-refractivity contribution in [1.29, 1.82) is 0 Å². The van der Waals surface area contributed by atoms with Crippen LogP contribution < -0.4 is 0 Å². The number of fused-ring (bicyclic) bond motifs is 2. The normalized spacial score (nSPS) is 34.4. The van der Waals surface area contributed by atoms with Crippen LogP contribution in [0, 0.1) is 0 Å². The summed E-state index contributed by atoms with van der Waals surface area (Å²) in [4.78, 5) is 0. The molecule has 3 aliphatic carbocycles. The molecule has 1 heteroatoms. The molecule has 0 amide bonds. The molecule has 1 saturated carbocycles. The van der Waals surface area contributed by atoms with Gasteiger partial charge in [-0.15, -0.1) is 0 Å². The fourth-order valence-corrected chi connectivity index (χ4v) is 3.00. The molecule has 0 spiro atoms. The fourth-order valence-electron chi connectivity index (χ4n) is 3.00. The summed E-state index contributed by atoms with van der Waals surface area (Å²) in [6.07, 6.45) is 1.98. The van der Waals surface area contributed by atoms with Crippen molar-refractivity contribution in [1.82, 2.24) is 0 Å². The van der Waals surface area contributed by atoms with Gasteiger partial charge in [0.1, 0.15) is 0 Å². The van der Waals surface area contributed by atoms with E-state index in [1.165, 1.54) is 11.1 Å². The summed E-state index contributed by atoms with van der Waals surface area (Å²) in [6.45, 7) is 4.03. The Labute approximate surface area is 84.1 Å². The first-order chi connectivity index (χ1) is 6.79. The van der Waals surface area contributed by atoms with Gasteiger partial charge in [0.2, 0.25) is 0 Å². The Morgan fingerprint density at radius 1 is 1.14 bits per heavy atom. The highest BCUT2D eigenvalue weighted by Gasteiger charge is 2.40. The summed E-state index contributed by atoms with van der Waals surface area (Å²) >= 11 is 0. The van der Waals surface area contributed by atoms with Crippen molar-refractivity contribution in [2.45, 2.75) is 30.8 Å². The Bertz CT molecular complexity index is 394. The molecule has 72 valence electrons. The number of aliphatic hydroxyl groups is 1. The SMILES string of the molecule is C=C1C2CCC(c3ccccc32)C1O. The second kappa shape index (κ2) is 2.71. The first kappa shape index (κ1) is 8.25. The molecule has 0 aromatic heterocycles. The number of benzene rings is 1. The summed E-state index contributed by atoms with van der Waals surface area (Å²) in [6, 6.07) is 8.49. The minimum Gasteiger partial charge on any atom is -0.388 e. The zero-order chi connectivity index (χ0) is 9.71. The number of aliphatic hydroxyl groups excluding tert-OH is 1. The van der Waals surface area contributed by atoms with Crippen LogP contribution >= 0.6 is 0 Å². The summed E-state index contributed by atoms with van der Waals surface area (Å²) < 4.78 is 0. The smallest absolute Gasteiger partial charge is 0.0822 e. The minimum absolute atomic E-state index is 0.302. The Hall–Kier alpha value is -1.08. The molecule has 3 unspecified atom stereocenters. The molecule has 3 aliphatic rings. The standard InChI is InChI=1S/C13H14O/c1-8-9-6-7-12(13(8)14)11-5-3-2-4-10(9)11/h2-5,9,12-14H,1,6-7H2. The Morgan fingerprint density at radius 3 is 2.64 bits per heavy atom. The topological polar surface area (TPSA) is 20.2 Å². The molecule has 4 rings (SSSR count). The van der Waals surface area contributed by atoms with E-state index in [1.54, 1.807) is 0 Å². The zero-order valence-electron chi connectivity index (χ0n) is 8.11.